The lowest BCUT2D eigenvalue weighted by molar-refractivity contribution is -0.147. The molecular weight excluding hydrogens is 328 g/mol. The molecule has 0 aromatic heterocycles. The van der Waals surface area contributed by atoms with Gasteiger partial charge >= 0.3 is 5.97 Å². The fourth-order valence-electron chi connectivity index (χ4n) is 2.25. The summed E-state index contributed by atoms with van der Waals surface area (Å²) in [5.74, 6) is -0.288. The molecule has 1 heterocycles. The van der Waals surface area contributed by atoms with Gasteiger partial charge in [0.2, 0.25) is 0 Å². The number of nitrogens with zero attached hydrogens (tertiary/aromatic N) is 1. The lowest BCUT2D eigenvalue weighted by Gasteiger charge is -2.13. The highest BCUT2D eigenvalue weighted by Gasteiger charge is 2.24. The van der Waals surface area contributed by atoms with Crippen LogP contribution in [0.3, 0.4) is 0 Å². The molecule has 1 aromatic carbocycles. The maximum Gasteiger partial charge on any atom is 0.326 e. The largest absolute Gasteiger partial charge is 0.454 e. The lowest BCUT2D eigenvalue weighted by atomic mass is 10.1. The van der Waals surface area contributed by atoms with Crippen molar-refractivity contribution in [3.8, 4) is 0 Å². The van der Waals surface area contributed by atoms with E-state index in [0.717, 1.165) is 19.3 Å². The van der Waals surface area contributed by atoms with E-state index in [1.165, 1.54) is 22.2 Å². The van der Waals surface area contributed by atoms with Crippen LogP contribution in [-0.2, 0) is 20.7 Å². The SMILES string of the molecule is CCCCc1ccc(NC(=O)COC(=O)CN2CCSC2=O)cc1. The molecule has 1 fully saturated rings. The number of carbonyl (C=O) groups excluding carboxylic acids is 3. The first-order valence-electron chi connectivity index (χ1n) is 8.04. The molecule has 1 aliphatic heterocycles. The predicted molar refractivity (Wildman–Crippen MR) is 94.1 cm³/mol. The zero-order valence-electron chi connectivity index (χ0n) is 13.7. The third-order valence-electron chi connectivity index (χ3n) is 3.59. The van der Waals surface area contributed by atoms with Crippen LogP contribution >= 0.6 is 11.8 Å². The molecule has 6 nitrogen and oxygen atoms in total. The van der Waals surface area contributed by atoms with Crippen molar-refractivity contribution in [1.82, 2.24) is 4.90 Å². The van der Waals surface area contributed by atoms with E-state index in [1.54, 1.807) is 0 Å². The Bertz CT molecular complexity index is 589. The quantitative estimate of drug-likeness (QED) is 0.730. The van der Waals surface area contributed by atoms with Crippen LogP contribution in [0.2, 0.25) is 0 Å². The summed E-state index contributed by atoms with van der Waals surface area (Å²) < 4.78 is 4.91. The van der Waals surface area contributed by atoms with E-state index in [0.29, 0.717) is 18.0 Å². The van der Waals surface area contributed by atoms with E-state index >= 15 is 0 Å². The average Bonchev–Trinajstić information content (AvgIpc) is 2.97. The fraction of sp³-hybridized carbons (Fsp3) is 0.471. The summed E-state index contributed by atoms with van der Waals surface area (Å²) in [6, 6.07) is 7.64. The lowest BCUT2D eigenvalue weighted by Crippen LogP contribution is -2.32. The van der Waals surface area contributed by atoms with Crippen molar-refractivity contribution in [1.29, 1.82) is 0 Å². The van der Waals surface area contributed by atoms with Crippen molar-refractivity contribution in [3.05, 3.63) is 29.8 Å². The molecular formula is C17H22N2O4S. The molecule has 0 aliphatic carbocycles. The number of rotatable bonds is 8. The van der Waals surface area contributed by atoms with Crippen molar-refractivity contribution in [2.24, 2.45) is 0 Å². The summed E-state index contributed by atoms with van der Waals surface area (Å²) in [4.78, 5) is 36.2. The predicted octanol–water partition coefficient (Wildman–Crippen LogP) is 2.68. The minimum absolute atomic E-state index is 0.106. The average molecular weight is 350 g/mol. The van der Waals surface area contributed by atoms with Gasteiger partial charge in [-0.2, -0.15) is 0 Å². The van der Waals surface area contributed by atoms with Gasteiger partial charge in [-0.25, -0.2) is 0 Å². The number of aryl methyl sites for hydroxylation is 1. The number of ether oxygens (including phenoxy) is 1. The molecule has 130 valence electrons. The molecule has 0 saturated carbocycles. The number of unbranched alkanes of at least 4 members (excludes halogenated alkanes) is 1. The molecule has 24 heavy (non-hydrogen) atoms. The Balaban J connectivity index is 1.70. The Kier molecular flexibility index (Phi) is 7.11. The highest BCUT2D eigenvalue weighted by Crippen LogP contribution is 2.16. The van der Waals surface area contributed by atoms with Gasteiger partial charge in [0.15, 0.2) is 6.61 Å². The maximum atomic E-state index is 11.8. The minimum Gasteiger partial charge on any atom is -0.454 e. The van der Waals surface area contributed by atoms with Gasteiger partial charge in [-0.1, -0.05) is 37.2 Å². The molecule has 1 aliphatic rings. The summed E-state index contributed by atoms with van der Waals surface area (Å²) in [5, 5.41) is 2.56. The summed E-state index contributed by atoms with van der Waals surface area (Å²) >= 11 is 1.18. The van der Waals surface area contributed by atoms with Crippen molar-refractivity contribution < 1.29 is 19.1 Å². The zero-order chi connectivity index (χ0) is 17.4. The Morgan fingerprint density at radius 2 is 2.04 bits per heavy atom. The fourth-order valence-corrected chi connectivity index (χ4v) is 3.07. The van der Waals surface area contributed by atoms with Crippen molar-refractivity contribution in [2.75, 3.05) is 30.8 Å². The number of anilines is 1. The number of carbonyl (C=O) groups is 3. The molecule has 7 heteroatoms. The first kappa shape index (κ1) is 18.3. The Labute approximate surface area is 145 Å². The Morgan fingerprint density at radius 3 is 2.67 bits per heavy atom. The van der Waals surface area contributed by atoms with Crippen LogP contribution in [0.15, 0.2) is 24.3 Å². The van der Waals surface area contributed by atoms with E-state index in [2.05, 4.69) is 12.2 Å². The number of esters is 1. The minimum atomic E-state index is -0.573. The summed E-state index contributed by atoms with van der Waals surface area (Å²) in [7, 11) is 0. The zero-order valence-corrected chi connectivity index (χ0v) is 14.6. The highest BCUT2D eigenvalue weighted by molar-refractivity contribution is 8.13. The van der Waals surface area contributed by atoms with E-state index in [1.807, 2.05) is 24.3 Å². The van der Waals surface area contributed by atoms with Crippen LogP contribution in [0.1, 0.15) is 25.3 Å². The Hall–Kier alpha value is -2.02. The number of hydrogen-bond acceptors (Lipinski definition) is 5. The molecule has 0 bridgehead atoms. The molecule has 1 aromatic rings. The molecule has 2 rings (SSSR count). The smallest absolute Gasteiger partial charge is 0.326 e. The summed E-state index contributed by atoms with van der Waals surface area (Å²) in [6.45, 7) is 2.22. The van der Waals surface area contributed by atoms with Crippen LogP contribution in [0.4, 0.5) is 10.5 Å². The first-order valence-corrected chi connectivity index (χ1v) is 9.03. The summed E-state index contributed by atoms with van der Waals surface area (Å²) in [6.07, 6.45) is 3.31. The van der Waals surface area contributed by atoms with Gasteiger partial charge in [0.05, 0.1) is 0 Å². The maximum absolute atomic E-state index is 11.8. The first-order chi connectivity index (χ1) is 11.6. The molecule has 0 spiro atoms. The van der Waals surface area contributed by atoms with Gasteiger partial charge in [0.1, 0.15) is 6.54 Å². The molecule has 0 atom stereocenters. The summed E-state index contributed by atoms with van der Waals surface area (Å²) in [5.41, 5.74) is 1.90. The van der Waals surface area contributed by atoms with E-state index < -0.39 is 11.9 Å². The normalized spacial score (nSPS) is 13.9. The van der Waals surface area contributed by atoms with E-state index in [4.69, 9.17) is 4.74 Å². The molecule has 0 radical (unpaired) electrons. The van der Waals surface area contributed by atoms with Gasteiger partial charge < -0.3 is 15.0 Å². The van der Waals surface area contributed by atoms with E-state index in [-0.39, 0.29) is 18.4 Å². The van der Waals surface area contributed by atoms with Gasteiger partial charge in [-0.05, 0) is 30.5 Å². The van der Waals surface area contributed by atoms with Crippen molar-refractivity contribution in [3.63, 3.8) is 0 Å². The second-order valence-electron chi connectivity index (χ2n) is 5.55. The second kappa shape index (κ2) is 9.32. The van der Waals surface area contributed by atoms with Gasteiger partial charge in [0.25, 0.3) is 11.1 Å². The van der Waals surface area contributed by atoms with Crippen LogP contribution in [-0.4, -0.2) is 47.5 Å². The van der Waals surface area contributed by atoms with Crippen LogP contribution in [0.5, 0.6) is 0 Å². The molecule has 2 amide bonds. The third kappa shape index (κ3) is 5.88. The number of hydrogen-bond donors (Lipinski definition) is 1. The molecule has 0 unspecified atom stereocenters. The van der Waals surface area contributed by atoms with Gasteiger partial charge in [0, 0.05) is 18.0 Å². The van der Waals surface area contributed by atoms with Crippen molar-refractivity contribution >= 4 is 34.6 Å². The number of thioether (sulfide) groups is 1. The van der Waals surface area contributed by atoms with Crippen LogP contribution < -0.4 is 5.32 Å². The van der Waals surface area contributed by atoms with Gasteiger partial charge in [-0.15, -0.1) is 0 Å². The van der Waals surface area contributed by atoms with Crippen molar-refractivity contribution in [2.45, 2.75) is 26.2 Å². The monoisotopic (exact) mass is 350 g/mol. The standard InChI is InChI=1S/C17H22N2O4S/c1-2-3-4-13-5-7-14(8-6-13)18-15(20)12-23-16(21)11-19-9-10-24-17(19)22/h5-8H,2-4,9-12H2,1H3,(H,18,20). The van der Waals surface area contributed by atoms with Crippen LogP contribution in [0, 0.1) is 0 Å². The number of nitrogens with one attached hydrogen (secondary N) is 1. The molecule has 1 N–H and O–H groups in total. The second-order valence-corrected chi connectivity index (χ2v) is 6.59. The van der Waals surface area contributed by atoms with Crippen LogP contribution in [0.25, 0.3) is 0 Å². The number of amides is 2. The topological polar surface area (TPSA) is 75.7 Å². The van der Waals surface area contributed by atoms with E-state index in [9.17, 15) is 14.4 Å². The molecule has 1 saturated heterocycles. The number of benzene rings is 1. The Morgan fingerprint density at radius 1 is 1.29 bits per heavy atom. The highest BCUT2D eigenvalue weighted by atomic mass is 32.2. The van der Waals surface area contributed by atoms with Gasteiger partial charge in [-0.3, -0.25) is 14.4 Å². The third-order valence-corrected chi connectivity index (χ3v) is 4.48.